The summed E-state index contributed by atoms with van der Waals surface area (Å²) in [5.74, 6) is 0. The van der Waals surface area contributed by atoms with Crippen LogP contribution in [0.5, 0.6) is 0 Å². The van der Waals surface area contributed by atoms with E-state index in [4.69, 9.17) is 0 Å². The molecule has 25 heavy (non-hydrogen) atoms. The number of hydrogen-bond donors (Lipinski definition) is 0. The van der Waals surface area contributed by atoms with E-state index < -0.39 is 0 Å². The SMILES string of the molecule is CCP1Cc2ccc3ccccc3c2-c2c(ccc3ccccc23)C1. The zero-order valence-electron chi connectivity index (χ0n) is 14.5. The maximum absolute atomic E-state index is 2.39. The summed E-state index contributed by atoms with van der Waals surface area (Å²) < 4.78 is 0. The van der Waals surface area contributed by atoms with E-state index in [0.717, 1.165) is 0 Å². The van der Waals surface area contributed by atoms with Crippen molar-refractivity contribution in [3.05, 3.63) is 83.9 Å². The lowest BCUT2D eigenvalue weighted by atomic mass is 9.88. The quantitative estimate of drug-likeness (QED) is 0.322. The van der Waals surface area contributed by atoms with Gasteiger partial charge >= 0.3 is 0 Å². The fraction of sp³-hybridized carbons (Fsp3) is 0.167. The van der Waals surface area contributed by atoms with Crippen LogP contribution >= 0.6 is 7.92 Å². The zero-order valence-corrected chi connectivity index (χ0v) is 15.4. The van der Waals surface area contributed by atoms with Gasteiger partial charge in [0.05, 0.1) is 0 Å². The molecule has 0 atom stereocenters. The van der Waals surface area contributed by atoms with Crippen LogP contribution in [0.1, 0.15) is 18.1 Å². The van der Waals surface area contributed by atoms with Crippen LogP contribution in [0.4, 0.5) is 0 Å². The van der Waals surface area contributed by atoms with Crippen LogP contribution in [0.15, 0.2) is 72.8 Å². The highest BCUT2D eigenvalue weighted by Gasteiger charge is 2.23. The Hall–Kier alpha value is -2.17. The molecule has 0 bridgehead atoms. The molecule has 5 rings (SSSR count). The summed E-state index contributed by atoms with van der Waals surface area (Å²) in [5, 5.41) is 5.52. The first kappa shape index (κ1) is 15.1. The topological polar surface area (TPSA) is 0 Å². The normalized spacial score (nSPS) is 14.3. The number of benzene rings is 4. The average molecular weight is 340 g/mol. The van der Waals surface area contributed by atoms with Crippen LogP contribution in [0.25, 0.3) is 32.7 Å². The van der Waals surface area contributed by atoms with Crippen molar-refractivity contribution in [1.29, 1.82) is 0 Å². The maximum atomic E-state index is 2.39. The molecule has 0 N–H and O–H groups in total. The molecule has 4 aromatic carbocycles. The van der Waals surface area contributed by atoms with Gasteiger partial charge in [-0.2, -0.15) is 0 Å². The summed E-state index contributed by atoms with van der Waals surface area (Å²) in [6.07, 6.45) is 3.79. The van der Waals surface area contributed by atoms with E-state index in [1.165, 1.54) is 51.2 Å². The molecule has 122 valence electrons. The third kappa shape index (κ3) is 2.40. The standard InChI is InChI=1S/C24H21P/c1-2-25-15-19-13-11-17-7-3-5-9-21(17)23(19)24-20(16-25)14-12-18-8-4-6-10-22(18)24/h3-14H,2,15-16H2,1H3. The van der Waals surface area contributed by atoms with Crippen LogP contribution in [0, 0.1) is 0 Å². The summed E-state index contributed by atoms with van der Waals surface area (Å²) in [6, 6.07) is 27.2. The lowest BCUT2D eigenvalue weighted by Crippen LogP contribution is -1.92. The number of hydrogen-bond acceptors (Lipinski definition) is 0. The van der Waals surface area contributed by atoms with Crippen molar-refractivity contribution in [2.24, 2.45) is 0 Å². The van der Waals surface area contributed by atoms with Crippen LogP contribution < -0.4 is 0 Å². The van der Waals surface area contributed by atoms with E-state index in [1.807, 2.05) is 0 Å². The third-order valence-electron chi connectivity index (χ3n) is 5.52. The molecule has 4 aromatic rings. The molecular weight excluding hydrogens is 319 g/mol. The third-order valence-corrected chi connectivity index (χ3v) is 7.99. The predicted octanol–water partition coefficient (Wildman–Crippen LogP) is 7.18. The summed E-state index contributed by atoms with van der Waals surface area (Å²) in [7, 11) is 0.0199. The van der Waals surface area contributed by atoms with Crippen molar-refractivity contribution in [2.45, 2.75) is 19.2 Å². The van der Waals surface area contributed by atoms with Crippen molar-refractivity contribution < 1.29 is 0 Å². The fourth-order valence-electron chi connectivity index (χ4n) is 4.25. The van der Waals surface area contributed by atoms with Gasteiger partial charge in [0.15, 0.2) is 0 Å². The lowest BCUT2D eigenvalue weighted by molar-refractivity contribution is 1.33. The molecule has 0 radical (unpaired) electrons. The van der Waals surface area contributed by atoms with Crippen LogP contribution in [0.3, 0.4) is 0 Å². The van der Waals surface area contributed by atoms with E-state index in [0.29, 0.717) is 0 Å². The molecular formula is C24H21P. The van der Waals surface area contributed by atoms with Gasteiger partial charge in [-0.3, -0.25) is 0 Å². The summed E-state index contributed by atoms with van der Waals surface area (Å²) in [5.41, 5.74) is 6.07. The van der Waals surface area contributed by atoms with E-state index in [-0.39, 0.29) is 7.92 Å². The minimum absolute atomic E-state index is 0.0199. The molecule has 0 unspecified atom stereocenters. The Morgan fingerprint density at radius 1 is 0.640 bits per heavy atom. The van der Waals surface area contributed by atoms with Gasteiger partial charge in [0.25, 0.3) is 0 Å². The largest absolute Gasteiger partial charge is 0.0980 e. The second-order valence-corrected chi connectivity index (χ2v) is 9.55. The van der Waals surface area contributed by atoms with Crippen molar-refractivity contribution in [1.82, 2.24) is 0 Å². The molecule has 0 fully saturated rings. The molecule has 0 saturated heterocycles. The Kier molecular flexibility index (Phi) is 3.61. The minimum atomic E-state index is 0.0199. The van der Waals surface area contributed by atoms with Crippen molar-refractivity contribution in [3.8, 4) is 11.1 Å². The van der Waals surface area contributed by atoms with Crippen molar-refractivity contribution >= 4 is 29.5 Å². The summed E-state index contributed by atoms with van der Waals surface area (Å²) in [6.45, 7) is 2.36. The molecule has 1 aliphatic rings. The van der Waals surface area contributed by atoms with E-state index in [1.54, 1.807) is 11.1 Å². The molecule has 0 spiro atoms. The summed E-state index contributed by atoms with van der Waals surface area (Å²) in [4.78, 5) is 0. The highest BCUT2D eigenvalue weighted by atomic mass is 31.1. The van der Waals surface area contributed by atoms with E-state index in [9.17, 15) is 0 Å². The molecule has 0 nitrogen and oxygen atoms in total. The van der Waals surface area contributed by atoms with Crippen LogP contribution in [-0.4, -0.2) is 6.16 Å². The monoisotopic (exact) mass is 340 g/mol. The molecule has 0 aliphatic carbocycles. The summed E-state index contributed by atoms with van der Waals surface area (Å²) >= 11 is 0. The Labute approximate surface area is 150 Å². The van der Waals surface area contributed by atoms with Crippen LogP contribution in [-0.2, 0) is 12.3 Å². The van der Waals surface area contributed by atoms with E-state index in [2.05, 4.69) is 79.7 Å². The Bertz CT molecular complexity index is 1010. The zero-order chi connectivity index (χ0) is 16.8. The fourth-order valence-corrected chi connectivity index (χ4v) is 6.30. The van der Waals surface area contributed by atoms with Gasteiger partial charge in [-0.1, -0.05) is 87.6 Å². The molecule has 0 aromatic heterocycles. The second-order valence-electron chi connectivity index (χ2n) is 6.94. The second kappa shape index (κ2) is 5.97. The minimum Gasteiger partial charge on any atom is -0.0980 e. The smallest absolute Gasteiger partial charge is 0.00606 e. The molecule has 0 saturated carbocycles. The first-order valence-corrected chi connectivity index (χ1v) is 11.0. The molecule has 1 heteroatoms. The Morgan fingerprint density at radius 2 is 1.12 bits per heavy atom. The Balaban J connectivity index is 1.97. The van der Waals surface area contributed by atoms with Gasteiger partial charge in [0, 0.05) is 0 Å². The first-order chi connectivity index (χ1) is 12.3. The highest BCUT2D eigenvalue weighted by molar-refractivity contribution is 7.56. The lowest BCUT2D eigenvalue weighted by Gasteiger charge is -2.15. The van der Waals surface area contributed by atoms with Gasteiger partial charge in [-0.15, -0.1) is 0 Å². The Morgan fingerprint density at radius 3 is 1.60 bits per heavy atom. The van der Waals surface area contributed by atoms with Gasteiger partial charge < -0.3 is 0 Å². The number of rotatable bonds is 1. The maximum Gasteiger partial charge on any atom is -0.00606 e. The van der Waals surface area contributed by atoms with Gasteiger partial charge in [-0.05, 0) is 62.3 Å². The highest BCUT2D eigenvalue weighted by Crippen LogP contribution is 2.52. The molecule has 1 heterocycles. The first-order valence-electron chi connectivity index (χ1n) is 9.09. The molecule has 1 aliphatic heterocycles. The van der Waals surface area contributed by atoms with Gasteiger partial charge in [0.2, 0.25) is 0 Å². The molecule has 0 amide bonds. The van der Waals surface area contributed by atoms with Gasteiger partial charge in [-0.25, -0.2) is 0 Å². The van der Waals surface area contributed by atoms with Gasteiger partial charge in [0.1, 0.15) is 0 Å². The van der Waals surface area contributed by atoms with Crippen molar-refractivity contribution in [2.75, 3.05) is 6.16 Å². The average Bonchev–Trinajstić information content (AvgIpc) is 2.84. The van der Waals surface area contributed by atoms with Crippen LogP contribution in [0.2, 0.25) is 0 Å². The predicted molar refractivity (Wildman–Crippen MR) is 112 cm³/mol. The van der Waals surface area contributed by atoms with Crippen molar-refractivity contribution in [3.63, 3.8) is 0 Å². The number of fused-ring (bicyclic) bond motifs is 7. The van der Waals surface area contributed by atoms with E-state index >= 15 is 0 Å².